The molecule has 0 aliphatic carbocycles. The molecule has 32 heavy (non-hydrogen) atoms. The maximum Gasteiger partial charge on any atom is 0.408 e. The zero-order valence-electron chi connectivity index (χ0n) is 19.7. The Hall–Kier alpha value is -2.86. The van der Waals surface area contributed by atoms with Crippen LogP contribution in [0.1, 0.15) is 43.1 Å². The first kappa shape index (κ1) is 25.4. The number of alkyl carbamates (subject to hydrolysis) is 1. The average molecular weight is 463 g/mol. The molecule has 1 atom stereocenters. The number of hydrogen-bond donors (Lipinski definition) is 1. The summed E-state index contributed by atoms with van der Waals surface area (Å²) in [5.74, 6) is 1.64. The molecule has 1 saturated heterocycles. The molecule has 0 radical (unpaired) electrons. The summed E-state index contributed by atoms with van der Waals surface area (Å²) < 4.78 is 24.8. The first-order valence-corrected chi connectivity index (χ1v) is 13.9. The molecule has 1 fully saturated rings. The van der Waals surface area contributed by atoms with Crippen LogP contribution < -0.4 is 10.2 Å². The molecule has 0 unspecified atom stereocenters. The lowest BCUT2D eigenvalue weighted by molar-refractivity contribution is -0.147. The third-order valence-corrected chi connectivity index (χ3v) is 5.65. The van der Waals surface area contributed by atoms with E-state index >= 15 is 0 Å². The van der Waals surface area contributed by atoms with Crippen molar-refractivity contribution in [2.24, 2.45) is 0 Å². The van der Waals surface area contributed by atoms with Crippen molar-refractivity contribution < 1.29 is 28.2 Å². The summed E-state index contributed by atoms with van der Waals surface area (Å²) in [6, 6.07) is 2.75. The lowest BCUT2D eigenvalue weighted by Gasteiger charge is -2.30. The second kappa shape index (κ2) is 9.33. The molecule has 2 rings (SSSR count). The third kappa shape index (κ3) is 6.10. The summed E-state index contributed by atoms with van der Waals surface area (Å²) in [4.78, 5) is 38.7. The number of methoxy groups -OCH3 is 1. The summed E-state index contributed by atoms with van der Waals surface area (Å²) in [6.45, 7) is 11.6. The highest BCUT2D eigenvalue weighted by Crippen LogP contribution is 2.32. The van der Waals surface area contributed by atoms with Crippen LogP contribution in [-0.4, -0.2) is 57.8 Å². The standard InChI is InChI=1S/C23H31FN2O5Si/c1-22(2,3)31-21(29)25-23(20(28)30-4)11-12-26(15-23)19-9-8-18(24)16(17(19)14-27)10-13-32(5,6)7/h8-9,14H,11-12,15H2,1-7H3,(H,25,29)/t23-/m1/s1. The second-order valence-corrected chi connectivity index (χ2v) is 14.6. The Morgan fingerprint density at radius 2 is 1.94 bits per heavy atom. The first-order valence-electron chi connectivity index (χ1n) is 10.4. The van der Waals surface area contributed by atoms with E-state index in [0.717, 1.165) is 0 Å². The molecular weight excluding hydrogens is 431 g/mol. The average Bonchev–Trinajstić information content (AvgIpc) is 3.08. The summed E-state index contributed by atoms with van der Waals surface area (Å²) in [7, 11) is -0.570. The first-order chi connectivity index (χ1) is 14.7. The number of carbonyl (C=O) groups excluding carboxylic acids is 3. The van der Waals surface area contributed by atoms with Crippen LogP contribution >= 0.6 is 0 Å². The van der Waals surface area contributed by atoms with E-state index < -0.39 is 37.1 Å². The molecule has 1 heterocycles. The molecule has 0 bridgehead atoms. The summed E-state index contributed by atoms with van der Waals surface area (Å²) in [5, 5.41) is 2.65. The minimum atomic E-state index is -1.81. The van der Waals surface area contributed by atoms with Crippen LogP contribution in [0.4, 0.5) is 14.9 Å². The van der Waals surface area contributed by atoms with Gasteiger partial charge in [0.2, 0.25) is 0 Å². The van der Waals surface area contributed by atoms with Gasteiger partial charge in [-0.25, -0.2) is 14.0 Å². The van der Waals surface area contributed by atoms with E-state index in [0.29, 0.717) is 18.5 Å². The van der Waals surface area contributed by atoms with Gasteiger partial charge in [-0.15, -0.1) is 5.54 Å². The smallest absolute Gasteiger partial charge is 0.408 e. The zero-order chi connectivity index (χ0) is 24.3. The van der Waals surface area contributed by atoms with Gasteiger partial charge in [0, 0.05) is 18.7 Å². The van der Waals surface area contributed by atoms with Gasteiger partial charge in [0.25, 0.3) is 0 Å². The fraction of sp³-hybridized carbons (Fsp3) is 0.522. The van der Waals surface area contributed by atoms with Gasteiger partial charge in [0.1, 0.15) is 19.5 Å². The molecule has 1 amide bonds. The lowest BCUT2D eigenvalue weighted by atomic mass is 9.99. The Balaban J connectivity index is 2.43. The number of benzene rings is 1. The van der Waals surface area contributed by atoms with Crippen LogP contribution in [0.25, 0.3) is 0 Å². The minimum Gasteiger partial charge on any atom is -0.467 e. The normalized spacial score (nSPS) is 18.4. The number of ether oxygens (including phenoxy) is 2. The zero-order valence-corrected chi connectivity index (χ0v) is 20.7. The maximum absolute atomic E-state index is 14.5. The molecule has 174 valence electrons. The molecular formula is C23H31FN2O5Si. The van der Waals surface area contributed by atoms with Crippen LogP contribution in [-0.2, 0) is 14.3 Å². The molecule has 7 nitrogen and oxygen atoms in total. The Kier molecular flexibility index (Phi) is 7.40. The fourth-order valence-electron chi connectivity index (χ4n) is 3.38. The topological polar surface area (TPSA) is 84.9 Å². The SMILES string of the molecule is COC(=O)[C@@]1(NC(=O)OC(C)(C)C)CCN(c2ccc(F)c(C#C[Si](C)(C)C)c2C=O)C1. The minimum absolute atomic E-state index is 0.0340. The predicted octanol–water partition coefficient (Wildman–Crippen LogP) is 3.51. The molecule has 0 saturated carbocycles. The van der Waals surface area contributed by atoms with Crippen molar-refractivity contribution in [1.82, 2.24) is 5.32 Å². The van der Waals surface area contributed by atoms with Crippen LogP contribution in [0.3, 0.4) is 0 Å². The molecule has 1 aliphatic heterocycles. The van der Waals surface area contributed by atoms with Gasteiger partial charge in [0.05, 0.1) is 24.8 Å². The highest BCUT2D eigenvalue weighted by atomic mass is 28.3. The highest BCUT2D eigenvalue weighted by Gasteiger charge is 2.48. The largest absolute Gasteiger partial charge is 0.467 e. The van der Waals surface area contributed by atoms with Crippen molar-refractivity contribution in [3.05, 3.63) is 29.1 Å². The number of amides is 1. The molecule has 1 N–H and O–H groups in total. The number of nitrogens with one attached hydrogen (secondary N) is 1. The predicted molar refractivity (Wildman–Crippen MR) is 123 cm³/mol. The summed E-state index contributed by atoms with van der Waals surface area (Å²) >= 11 is 0. The number of rotatable bonds is 4. The van der Waals surface area contributed by atoms with Crippen molar-refractivity contribution in [1.29, 1.82) is 0 Å². The Labute approximate surface area is 189 Å². The Morgan fingerprint density at radius 1 is 1.28 bits per heavy atom. The lowest BCUT2D eigenvalue weighted by Crippen LogP contribution is -2.57. The van der Waals surface area contributed by atoms with Gasteiger partial charge in [0.15, 0.2) is 11.8 Å². The number of carbonyl (C=O) groups is 3. The van der Waals surface area contributed by atoms with E-state index in [4.69, 9.17) is 9.47 Å². The van der Waals surface area contributed by atoms with Gasteiger partial charge < -0.3 is 19.7 Å². The van der Waals surface area contributed by atoms with Crippen LogP contribution in [0, 0.1) is 17.3 Å². The van der Waals surface area contributed by atoms with E-state index in [1.807, 2.05) is 19.6 Å². The summed E-state index contributed by atoms with van der Waals surface area (Å²) in [5.41, 5.74) is 1.58. The van der Waals surface area contributed by atoms with Crippen molar-refractivity contribution in [2.45, 2.75) is 58.0 Å². The molecule has 9 heteroatoms. The van der Waals surface area contributed by atoms with Crippen LogP contribution in [0.2, 0.25) is 19.6 Å². The molecule has 0 aromatic heterocycles. The van der Waals surface area contributed by atoms with Crippen molar-refractivity contribution in [3.63, 3.8) is 0 Å². The quantitative estimate of drug-likeness (QED) is 0.319. The van der Waals surface area contributed by atoms with Crippen LogP contribution in [0.15, 0.2) is 12.1 Å². The molecule has 1 aromatic carbocycles. The van der Waals surface area contributed by atoms with E-state index in [1.165, 1.54) is 19.2 Å². The van der Waals surface area contributed by atoms with Crippen molar-refractivity contribution >= 4 is 32.1 Å². The molecule has 1 aliphatic rings. The number of anilines is 1. The fourth-order valence-corrected chi connectivity index (χ4v) is 3.88. The monoisotopic (exact) mass is 462 g/mol. The number of aldehydes is 1. The maximum atomic E-state index is 14.5. The van der Waals surface area contributed by atoms with Gasteiger partial charge in [-0.1, -0.05) is 25.6 Å². The number of hydrogen-bond acceptors (Lipinski definition) is 6. The third-order valence-electron chi connectivity index (χ3n) is 4.78. The second-order valence-electron chi connectivity index (χ2n) is 9.85. The molecule has 0 spiro atoms. The van der Waals surface area contributed by atoms with Gasteiger partial charge in [-0.05, 0) is 32.9 Å². The van der Waals surface area contributed by atoms with Crippen LogP contribution in [0.5, 0.6) is 0 Å². The van der Waals surface area contributed by atoms with E-state index in [1.54, 1.807) is 25.7 Å². The van der Waals surface area contributed by atoms with E-state index in [9.17, 15) is 18.8 Å². The van der Waals surface area contributed by atoms with Crippen molar-refractivity contribution in [2.75, 3.05) is 25.1 Å². The van der Waals surface area contributed by atoms with Gasteiger partial charge in [-0.2, -0.15) is 0 Å². The Bertz CT molecular complexity index is 972. The Morgan fingerprint density at radius 3 is 2.47 bits per heavy atom. The van der Waals surface area contributed by atoms with E-state index in [2.05, 4.69) is 16.8 Å². The number of esters is 1. The number of nitrogens with zero attached hydrogens (tertiary/aromatic N) is 1. The highest BCUT2D eigenvalue weighted by molar-refractivity contribution is 6.83. The van der Waals surface area contributed by atoms with Gasteiger partial charge in [-0.3, -0.25) is 4.79 Å². The number of halogens is 1. The van der Waals surface area contributed by atoms with Gasteiger partial charge >= 0.3 is 12.1 Å². The van der Waals surface area contributed by atoms with E-state index in [-0.39, 0.29) is 24.1 Å². The summed E-state index contributed by atoms with van der Waals surface area (Å²) in [6.07, 6.45) is 0.0532. The van der Waals surface area contributed by atoms with Crippen molar-refractivity contribution in [3.8, 4) is 11.5 Å². The molecule has 1 aromatic rings.